The molecule has 0 aliphatic carbocycles. The van der Waals surface area contributed by atoms with E-state index in [4.69, 9.17) is 32.8 Å². The van der Waals surface area contributed by atoms with Crippen LogP contribution in [0.5, 0.6) is 0 Å². The van der Waals surface area contributed by atoms with E-state index >= 15 is 0 Å². The van der Waals surface area contributed by atoms with Gasteiger partial charge in [-0.15, -0.1) is 19.3 Å². The van der Waals surface area contributed by atoms with E-state index in [9.17, 15) is 9.13 Å². The molecule has 7 heteroatoms. The molecule has 0 aromatic heterocycles. The van der Waals surface area contributed by atoms with Gasteiger partial charge in [-0.3, -0.25) is 18.2 Å². The summed E-state index contributed by atoms with van der Waals surface area (Å²) in [5.74, 6) is 5.99. The van der Waals surface area contributed by atoms with Gasteiger partial charge in [-0.25, -0.2) is 0 Å². The van der Waals surface area contributed by atoms with Gasteiger partial charge in [-0.05, 0) is 0 Å². The second kappa shape index (κ2) is 9.09. The highest BCUT2D eigenvalue weighted by Gasteiger charge is 2.27. The van der Waals surface area contributed by atoms with Crippen LogP contribution in [-0.4, -0.2) is 25.7 Å². The largest absolute Gasteiger partial charge is 0.341 e. The smallest absolute Gasteiger partial charge is 0.317 e. The molecule has 0 aliphatic heterocycles. The first-order valence-corrected chi connectivity index (χ1v) is 7.67. The van der Waals surface area contributed by atoms with E-state index in [1.54, 1.807) is 0 Å². The van der Waals surface area contributed by atoms with Crippen molar-refractivity contribution in [1.82, 2.24) is 0 Å². The summed E-state index contributed by atoms with van der Waals surface area (Å²) < 4.78 is 37.7. The number of rotatable bonds is 8. The fraction of sp³-hybridized carbons (Fsp3) is 0.400. The Labute approximate surface area is 102 Å². The number of terminal acetylenes is 3. The molecule has 0 aliphatic rings. The van der Waals surface area contributed by atoms with Gasteiger partial charge in [0, 0.05) is 0 Å². The quantitative estimate of drug-likeness (QED) is 0.496. The zero-order valence-electron chi connectivity index (χ0n) is 9.05. The molecule has 0 fully saturated rings. The van der Waals surface area contributed by atoms with Crippen molar-refractivity contribution in [3.8, 4) is 37.0 Å². The molecule has 0 amide bonds. The van der Waals surface area contributed by atoms with Crippen molar-refractivity contribution in [3.63, 3.8) is 0 Å². The fourth-order valence-electron chi connectivity index (χ4n) is 0.726. The average molecular weight is 274 g/mol. The van der Waals surface area contributed by atoms with E-state index in [1.165, 1.54) is 0 Å². The summed E-state index contributed by atoms with van der Waals surface area (Å²) in [6.07, 6.45) is 14.8. The minimum absolute atomic E-state index is 0.137. The van der Waals surface area contributed by atoms with Crippen LogP contribution in [0.2, 0.25) is 0 Å². The normalized spacial score (nSPS) is 12.1. The average Bonchev–Trinajstić information content (AvgIpc) is 2.31. The molecule has 0 spiro atoms. The van der Waals surface area contributed by atoms with Gasteiger partial charge in [0.2, 0.25) is 8.03 Å². The molecule has 92 valence electrons. The molecule has 0 saturated carbocycles. The molecule has 0 aromatic rings. The van der Waals surface area contributed by atoms with E-state index in [0.29, 0.717) is 0 Å². The molecule has 1 unspecified atom stereocenters. The van der Waals surface area contributed by atoms with Crippen molar-refractivity contribution in [2.75, 3.05) is 25.7 Å². The van der Waals surface area contributed by atoms with Crippen molar-refractivity contribution in [2.45, 2.75) is 0 Å². The predicted octanol–water partition coefficient (Wildman–Crippen LogP) is 1.56. The molecule has 0 saturated heterocycles. The Kier molecular flexibility index (Phi) is 8.57. The standard InChI is InChI=1S/C10H12O5P2/c1-4-7-13-16(11)10-17(12,14-8-5-2)15-9-6-3/h1-3,16H,7-10H2. The van der Waals surface area contributed by atoms with Gasteiger partial charge in [0.25, 0.3) is 0 Å². The first kappa shape index (κ1) is 16.0. The van der Waals surface area contributed by atoms with Gasteiger partial charge in [0.1, 0.15) is 25.7 Å². The van der Waals surface area contributed by atoms with E-state index in [1.807, 2.05) is 0 Å². The Balaban J connectivity index is 4.44. The Morgan fingerprint density at radius 1 is 1.00 bits per heavy atom. The van der Waals surface area contributed by atoms with Crippen LogP contribution >= 0.6 is 15.6 Å². The van der Waals surface area contributed by atoms with Crippen LogP contribution in [0, 0.1) is 37.0 Å². The third-order valence-electron chi connectivity index (χ3n) is 1.33. The Morgan fingerprint density at radius 3 is 1.88 bits per heavy atom. The van der Waals surface area contributed by atoms with Crippen molar-refractivity contribution >= 4 is 15.6 Å². The lowest BCUT2D eigenvalue weighted by Crippen LogP contribution is -2.00. The van der Waals surface area contributed by atoms with Crippen molar-refractivity contribution < 1.29 is 22.7 Å². The van der Waals surface area contributed by atoms with E-state index in [0.717, 1.165) is 0 Å². The topological polar surface area (TPSA) is 61.8 Å². The molecule has 0 heterocycles. The SMILES string of the molecule is C#CCO[PH](=O)CP(=O)(OCC#C)OCC#C. The van der Waals surface area contributed by atoms with Crippen LogP contribution in [0.1, 0.15) is 0 Å². The summed E-state index contributed by atoms with van der Waals surface area (Å²) >= 11 is 0. The monoisotopic (exact) mass is 274 g/mol. The molecule has 0 aromatic carbocycles. The lowest BCUT2D eigenvalue weighted by atomic mass is 10.8. The third kappa shape index (κ3) is 7.84. The second-order valence-corrected chi connectivity index (χ2v) is 6.62. The van der Waals surface area contributed by atoms with Gasteiger partial charge in [-0.1, -0.05) is 17.8 Å². The third-order valence-corrected chi connectivity index (χ3v) is 5.42. The minimum Gasteiger partial charge on any atom is -0.317 e. The van der Waals surface area contributed by atoms with E-state index < -0.39 is 21.5 Å². The first-order chi connectivity index (χ1) is 8.08. The van der Waals surface area contributed by atoms with Gasteiger partial charge < -0.3 is 4.52 Å². The lowest BCUT2D eigenvalue weighted by Gasteiger charge is -2.15. The van der Waals surface area contributed by atoms with Crippen LogP contribution in [0.15, 0.2) is 0 Å². The van der Waals surface area contributed by atoms with Crippen LogP contribution in [0.4, 0.5) is 0 Å². The van der Waals surface area contributed by atoms with Crippen molar-refractivity contribution in [1.29, 1.82) is 0 Å². The Bertz CT molecular complexity index is 401. The van der Waals surface area contributed by atoms with Gasteiger partial charge in [-0.2, -0.15) is 0 Å². The summed E-state index contributed by atoms with van der Waals surface area (Å²) in [6, 6.07) is 0. The summed E-state index contributed by atoms with van der Waals surface area (Å²) in [4.78, 5) is 0. The zero-order valence-corrected chi connectivity index (χ0v) is 10.9. The Morgan fingerprint density at radius 2 is 1.47 bits per heavy atom. The first-order valence-electron chi connectivity index (χ1n) is 4.42. The van der Waals surface area contributed by atoms with E-state index in [-0.39, 0.29) is 19.8 Å². The molecule has 5 nitrogen and oxygen atoms in total. The van der Waals surface area contributed by atoms with Gasteiger partial charge in [0.15, 0.2) is 0 Å². The molecule has 0 N–H and O–H groups in total. The summed E-state index contributed by atoms with van der Waals surface area (Å²) in [5.41, 5.74) is 0. The van der Waals surface area contributed by atoms with Crippen LogP contribution in [0.3, 0.4) is 0 Å². The van der Waals surface area contributed by atoms with Gasteiger partial charge in [0.05, 0.1) is 0 Å². The molecule has 17 heavy (non-hydrogen) atoms. The summed E-state index contributed by atoms with van der Waals surface area (Å²) in [5, 5.41) is 0. The molecule has 0 radical (unpaired) electrons. The highest BCUT2D eigenvalue weighted by molar-refractivity contribution is 7.65. The van der Waals surface area contributed by atoms with Crippen LogP contribution in [0.25, 0.3) is 0 Å². The van der Waals surface area contributed by atoms with E-state index in [2.05, 4.69) is 17.8 Å². The minimum atomic E-state index is -3.59. The summed E-state index contributed by atoms with van der Waals surface area (Å²) in [6.45, 7) is -0.597. The van der Waals surface area contributed by atoms with Crippen LogP contribution in [-0.2, 0) is 22.7 Å². The number of hydrogen-bond acceptors (Lipinski definition) is 5. The maximum Gasteiger partial charge on any atom is 0.341 e. The van der Waals surface area contributed by atoms with Crippen molar-refractivity contribution in [3.05, 3.63) is 0 Å². The fourth-order valence-corrected chi connectivity index (χ4v) is 3.95. The van der Waals surface area contributed by atoms with Crippen molar-refractivity contribution in [2.24, 2.45) is 0 Å². The Hall–Kier alpha value is -0.980. The van der Waals surface area contributed by atoms with Gasteiger partial charge >= 0.3 is 7.60 Å². The molecule has 1 atom stereocenters. The lowest BCUT2D eigenvalue weighted by molar-refractivity contribution is 0.245. The number of hydrogen-bond donors (Lipinski definition) is 0. The predicted molar refractivity (Wildman–Crippen MR) is 65.8 cm³/mol. The van der Waals surface area contributed by atoms with Crippen LogP contribution < -0.4 is 0 Å². The maximum atomic E-state index is 12.0. The zero-order chi connectivity index (χ0) is 13.1. The molecular formula is C10H12O5P2. The second-order valence-electron chi connectivity index (χ2n) is 2.59. The summed E-state index contributed by atoms with van der Waals surface area (Å²) in [7, 11) is -6.21. The molecule has 0 bridgehead atoms. The molecular weight excluding hydrogens is 262 g/mol. The molecule has 0 rings (SSSR count). The maximum absolute atomic E-state index is 12.0. The highest BCUT2D eigenvalue weighted by Crippen LogP contribution is 2.54. The highest BCUT2D eigenvalue weighted by atomic mass is 31.2.